The summed E-state index contributed by atoms with van der Waals surface area (Å²) in [7, 11) is 0. The maximum Gasteiger partial charge on any atom is 0.162 e. The molecule has 116 valence electrons. The number of carbonyl (C=O) groups excluding carboxylic acids is 1. The molecule has 0 amide bonds. The van der Waals surface area contributed by atoms with Crippen LogP contribution in [0, 0.1) is 0 Å². The Balaban J connectivity index is 1.73. The van der Waals surface area contributed by atoms with Gasteiger partial charge in [0.2, 0.25) is 0 Å². The highest BCUT2D eigenvalue weighted by Gasteiger charge is 2.18. The molecule has 1 aliphatic carbocycles. The maximum absolute atomic E-state index is 12.3. The largest absolute Gasteiger partial charge is 0.508 e. The van der Waals surface area contributed by atoms with E-state index in [1.54, 1.807) is 36.4 Å². The van der Waals surface area contributed by atoms with Crippen LogP contribution in [-0.4, -0.2) is 16.0 Å². The van der Waals surface area contributed by atoms with Crippen LogP contribution < -0.4 is 0 Å². The third-order valence-electron chi connectivity index (χ3n) is 3.96. The predicted molar refractivity (Wildman–Crippen MR) is 91.0 cm³/mol. The van der Waals surface area contributed by atoms with E-state index in [1.165, 1.54) is 0 Å². The highest BCUT2D eigenvalue weighted by atomic mass is 16.3. The predicted octanol–water partition coefficient (Wildman–Crippen LogP) is 4.32. The lowest BCUT2D eigenvalue weighted by Crippen LogP contribution is -2.10. The second kappa shape index (κ2) is 6.53. The minimum absolute atomic E-state index is 0.148. The number of rotatable bonds is 2. The Kier molecular flexibility index (Phi) is 4.29. The summed E-state index contributed by atoms with van der Waals surface area (Å²) in [6, 6.07) is 13.8. The number of aromatic hydroxyl groups is 2. The minimum Gasteiger partial charge on any atom is -0.508 e. The molecule has 1 saturated carbocycles. The summed E-state index contributed by atoms with van der Waals surface area (Å²) < 4.78 is 0. The van der Waals surface area contributed by atoms with Crippen molar-refractivity contribution in [2.75, 3.05) is 0 Å². The zero-order chi connectivity index (χ0) is 16.2. The lowest BCUT2D eigenvalue weighted by atomic mass is 9.87. The van der Waals surface area contributed by atoms with E-state index in [1.807, 2.05) is 24.3 Å². The summed E-state index contributed by atoms with van der Waals surface area (Å²) in [6.45, 7) is 0. The highest BCUT2D eigenvalue weighted by Crippen LogP contribution is 2.28. The van der Waals surface area contributed by atoms with Crippen molar-refractivity contribution in [1.29, 1.82) is 0 Å². The quantitative estimate of drug-likeness (QED) is 0.812. The molecule has 3 nitrogen and oxygen atoms in total. The molecule has 0 spiro atoms. The van der Waals surface area contributed by atoms with Crippen LogP contribution in [0.5, 0.6) is 11.5 Å². The van der Waals surface area contributed by atoms with Crippen LogP contribution >= 0.6 is 0 Å². The maximum atomic E-state index is 12.3. The van der Waals surface area contributed by atoms with Crippen LogP contribution in [0.1, 0.15) is 30.4 Å². The molecule has 23 heavy (non-hydrogen) atoms. The molecule has 3 heteroatoms. The van der Waals surface area contributed by atoms with Crippen molar-refractivity contribution in [3.63, 3.8) is 0 Å². The normalized spacial score (nSPS) is 18.5. The molecule has 0 radical (unpaired) electrons. The van der Waals surface area contributed by atoms with Crippen LogP contribution in [0.25, 0.3) is 12.2 Å². The Bertz CT molecular complexity index is 766. The van der Waals surface area contributed by atoms with Crippen LogP contribution in [0.3, 0.4) is 0 Å². The van der Waals surface area contributed by atoms with E-state index in [4.69, 9.17) is 0 Å². The van der Waals surface area contributed by atoms with Crippen LogP contribution in [0.4, 0.5) is 0 Å². The Morgan fingerprint density at radius 2 is 1.26 bits per heavy atom. The van der Waals surface area contributed by atoms with Crippen molar-refractivity contribution in [2.24, 2.45) is 0 Å². The van der Waals surface area contributed by atoms with Crippen molar-refractivity contribution in [1.82, 2.24) is 0 Å². The van der Waals surface area contributed by atoms with Gasteiger partial charge < -0.3 is 10.2 Å². The first kappa shape index (κ1) is 15.1. The Hall–Kier alpha value is -2.81. The number of phenolic OH excluding ortho intramolecular Hbond substituents is 2. The van der Waals surface area contributed by atoms with Gasteiger partial charge >= 0.3 is 0 Å². The lowest BCUT2D eigenvalue weighted by molar-refractivity contribution is -0.115. The molecule has 2 N–H and O–H groups in total. The topological polar surface area (TPSA) is 57.5 Å². The third-order valence-corrected chi connectivity index (χ3v) is 3.96. The van der Waals surface area contributed by atoms with Gasteiger partial charge in [-0.3, -0.25) is 4.79 Å². The Morgan fingerprint density at radius 3 is 1.78 bits per heavy atom. The van der Waals surface area contributed by atoms with E-state index < -0.39 is 0 Å². The smallest absolute Gasteiger partial charge is 0.162 e. The summed E-state index contributed by atoms with van der Waals surface area (Å²) in [4.78, 5) is 12.3. The van der Waals surface area contributed by atoms with Crippen molar-refractivity contribution in [3.05, 3.63) is 70.8 Å². The molecular formula is C20H18O3. The number of ketones is 1. The summed E-state index contributed by atoms with van der Waals surface area (Å²) in [5, 5.41) is 18.6. The average Bonchev–Trinajstić information content (AvgIpc) is 2.54. The molecule has 1 fully saturated rings. The van der Waals surface area contributed by atoms with Crippen molar-refractivity contribution < 1.29 is 15.0 Å². The molecule has 0 aromatic heterocycles. The number of benzene rings is 2. The fourth-order valence-corrected chi connectivity index (χ4v) is 2.70. The van der Waals surface area contributed by atoms with Gasteiger partial charge in [-0.1, -0.05) is 35.9 Å². The molecule has 2 aromatic carbocycles. The molecule has 1 aliphatic rings. The monoisotopic (exact) mass is 306 g/mol. The zero-order valence-electron chi connectivity index (χ0n) is 12.7. The van der Waals surface area contributed by atoms with Gasteiger partial charge in [0.1, 0.15) is 11.5 Å². The summed E-state index contributed by atoms with van der Waals surface area (Å²) in [6.07, 6.45) is 5.94. The second-order valence-electron chi connectivity index (χ2n) is 5.76. The van der Waals surface area contributed by atoms with E-state index in [0.29, 0.717) is 6.42 Å². The summed E-state index contributed by atoms with van der Waals surface area (Å²) in [5.74, 6) is 0.613. The highest BCUT2D eigenvalue weighted by molar-refractivity contribution is 6.02. The lowest BCUT2D eigenvalue weighted by Gasteiger charge is -2.16. The summed E-state index contributed by atoms with van der Waals surface area (Å²) in [5.41, 5.74) is 3.87. The summed E-state index contributed by atoms with van der Waals surface area (Å²) >= 11 is 0. The van der Waals surface area contributed by atoms with Crippen molar-refractivity contribution in [3.8, 4) is 11.5 Å². The Labute approximate surface area is 135 Å². The number of hydrogen-bond donors (Lipinski definition) is 2. The van der Waals surface area contributed by atoms with Gasteiger partial charge in [-0.25, -0.2) is 0 Å². The molecule has 0 aliphatic heterocycles. The molecule has 2 aromatic rings. The zero-order valence-corrected chi connectivity index (χ0v) is 12.7. The van der Waals surface area contributed by atoms with Crippen LogP contribution in [-0.2, 0) is 4.79 Å². The van der Waals surface area contributed by atoms with Crippen molar-refractivity contribution in [2.45, 2.75) is 19.3 Å². The number of phenols is 2. The molecule has 0 unspecified atom stereocenters. The van der Waals surface area contributed by atoms with Gasteiger partial charge in [0, 0.05) is 6.42 Å². The number of Topliss-reactive ketones (excluding diaryl/α,β-unsaturated/α-hetero) is 1. The number of hydrogen-bond acceptors (Lipinski definition) is 3. The molecular weight excluding hydrogens is 288 g/mol. The first-order valence-corrected chi connectivity index (χ1v) is 7.61. The Morgan fingerprint density at radius 1 is 0.739 bits per heavy atom. The molecule has 0 bridgehead atoms. The molecule has 0 heterocycles. The van der Waals surface area contributed by atoms with E-state index in [2.05, 4.69) is 0 Å². The van der Waals surface area contributed by atoms with E-state index in [-0.39, 0.29) is 17.3 Å². The van der Waals surface area contributed by atoms with Gasteiger partial charge in [-0.2, -0.15) is 0 Å². The van der Waals surface area contributed by atoms with Crippen LogP contribution in [0.15, 0.2) is 59.7 Å². The van der Waals surface area contributed by atoms with E-state index in [0.717, 1.165) is 35.1 Å². The van der Waals surface area contributed by atoms with Gasteiger partial charge in [0.25, 0.3) is 0 Å². The minimum atomic E-state index is 0.148. The van der Waals surface area contributed by atoms with Gasteiger partial charge in [0.05, 0.1) is 0 Å². The third kappa shape index (κ3) is 3.89. The van der Waals surface area contributed by atoms with Crippen LogP contribution in [0.2, 0.25) is 0 Å². The molecule has 3 rings (SSSR count). The van der Waals surface area contributed by atoms with Gasteiger partial charge in [0.15, 0.2) is 5.78 Å². The fraction of sp³-hybridized carbons (Fsp3) is 0.150. The average molecular weight is 306 g/mol. The molecule has 0 atom stereocenters. The van der Waals surface area contributed by atoms with E-state index in [9.17, 15) is 15.0 Å². The first-order chi connectivity index (χ1) is 11.1. The van der Waals surface area contributed by atoms with Crippen molar-refractivity contribution >= 4 is 17.9 Å². The second-order valence-corrected chi connectivity index (χ2v) is 5.76. The SMILES string of the molecule is O=C1CC(=Cc2ccc(O)cc2)CCC1=Cc1ccc(O)cc1. The standard InChI is InChI=1S/C20H18O3/c21-18-7-2-14(3-8-18)11-16-1-6-17(20(23)13-16)12-15-4-9-19(22)10-5-15/h2-5,7-12,21-22H,1,6,13H2. The van der Waals surface area contributed by atoms with Gasteiger partial charge in [-0.05, 0) is 59.9 Å². The first-order valence-electron chi connectivity index (χ1n) is 7.61. The molecule has 0 saturated heterocycles. The number of carbonyl (C=O) groups is 1. The van der Waals surface area contributed by atoms with Gasteiger partial charge in [-0.15, -0.1) is 0 Å². The number of allylic oxidation sites excluding steroid dienone is 2. The van der Waals surface area contributed by atoms with E-state index >= 15 is 0 Å². The fourth-order valence-electron chi connectivity index (χ4n) is 2.70.